The number of rotatable bonds is 2. The molecule has 0 bridgehead atoms. The highest BCUT2D eigenvalue weighted by molar-refractivity contribution is 7.70. The lowest BCUT2D eigenvalue weighted by Gasteiger charge is -2.08. The molecule has 2 aromatic rings. The van der Waals surface area contributed by atoms with Crippen LogP contribution in [-0.4, -0.2) is 13.3 Å². The van der Waals surface area contributed by atoms with E-state index in [4.69, 9.17) is 5.73 Å². The van der Waals surface area contributed by atoms with Gasteiger partial charge in [-0.3, -0.25) is 0 Å². The van der Waals surface area contributed by atoms with E-state index >= 15 is 0 Å². The van der Waals surface area contributed by atoms with Gasteiger partial charge in [0.15, 0.2) is 0 Å². The van der Waals surface area contributed by atoms with E-state index in [9.17, 15) is 4.57 Å². The lowest BCUT2D eigenvalue weighted by atomic mass is 10.1. The van der Waals surface area contributed by atoms with Crippen LogP contribution in [0.4, 0.5) is 5.69 Å². The van der Waals surface area contributed by atoms with Crippen molar-refractivity contribution in [2.24, 2.45) is 0 Å². The molecule has 0 aromatic heterocycles. The van der Waals surface area contributed by atoms with Crippen LogP contribution in [0.25, 0.3) is 11.1 Å². The van der Waals surface area contributed by atoms with Crippen molar-refractivity contribution >= 4 is 18.1 Å². The van der Waals surface area contributed by atoms with Crippen molar-refractivity contribution in [2.45, 2.75) is 0 Å². The van der Waals surface area contributed by atoms with Crippen molar-refractivity contribution in [2.75, 3.05) is 19.1 Å². The van der Waals surface area contributed by atoms with Crippen LogP contribution < -0.4 is 11.0 Å². The van der Waals surface area contributed by atoms with Gasteiger partial charge in [0.2, 0.25) is 0 Å². The summed E-state index contributed by atoms with van der Waals surface area (Å²) in [5, 5.41) is 0.908. The van der Waals surface area contributed by atoms with E-state index in [1.54, 1.807) is 13.3 Å². The Morgan fingerprint density at radius 1 is 0.941 bits per heavy atom. The molecular formula is C14H16NOP. The van der Waals surface area contributed by atoms with Crippen LogP contribution in [-0.2, 0) is 4.57 Å². The maximum absolute atomic E-state index is 11.9. The quantitative estimate of drug-likeness (QED) is 0.652. The molecule has 0 aliphatic heterocycles. The molecule has 0 aliphatic rings. The minimum atomic E-state index is -2.16. The average Bonchev–Trinajstić information content (AvgIpc) is 2.28. The summed E-state index contributed by atoms with van der Waals surface area (Å²) in [6, 6.07) is 15.6. The van der Waals surface area contributed by atoms with Crippen LogP contribution in [0.3, 0.4) is 0 Å². The Morgan fingerprint density at radius 2 is 1.59 bits per heavy atom. The van der Waals surface area contributed by atoms with Gasteiger partial charge in [0.25, 0.3) is 0 Å². The molecule has 0 amide bonds. The second-order valence-corrected chi connectivity index (χ2v) is 7.74. The van der Waals surface area contributed by atoms with E-state index in [-0.39, 0.29) is 0 Å². The van der Waals surface area contributed by atoms with E-state index in [0.29, 0.717) is 0 Å². The zero-order valence-electron chi connectivity index (χ0n) is 10.1. The topological polar surface area (TPSA) is 43.1 Å². The largest absolute Gasteiger partial charge is 0.399 e. The van der Waals surface area contributed by atoms with Crippen molar-refractivity contribution < 1.29 is 4.57 Å². The highest BCUT2D eigenvalue weighted by atomic mass is 31.2. The highest BCUT2D eigenvalue weighted by Gasteiger charge is 2.10. The molecule has 17 heavy (non-hydrogen) atoms. The average molecular weight is 245 g/mol. The number of benzene rings is 2. The Kier molecular flexibility index (Phi) is 3.08. The Morgan fingerprint density at radius 3 is 2.12 bits per heavy atom. The summed E-state index contributed by atoms with van der Waals surface area (Å²) in [4.78, 5) is 0. The molecule has 2 nitrogen and oxygen atoms in total. The molecule has 3 heteroatoms. The lowest BCUT2D eigenvalue weighted by molar-refractivity contribution is 0.588. The Labute approximate surface area is 102 Å². The summed E-state index contributed by atoms with van der Waals surface area (Å²) < 4.78 is 11.9. The first-order valence-corrected chi connectivity index (χ1v) is 8.08. The van der Waals surface area contributed by atoms with E-state index in [1.807, 2.05) is 48.5 Å². The van der Waals surface area contributed by atoms with Gasteiger partial charge < -0.3 is 10.3 Å². The molecule has 0 aliphatic carbocycles. The normalized spacial score (nSPS) is 11.4. The number of nitrogen functional groups attached to an aromatic ring is 1. The van der Waals surface area contributed by atoms with Gasteiger partial charge in [0, 0.05) is 11.0 Å². The van der Waals surface area contributed by atoms with Gasteiger partial charge in [-0.15, -0.1) is 0 Å². The number of hydrogen-bond acceptors (Lipinski definition) is 2. The Hall–Kier alpha value is -1.53. The third-order valence-electron chi connectivity index (χ3n) is 2.71. The first-order chi connectivity index (χ1) is 7.97. The van der Waals surface area contributed by atoms with Gasteiger partial charge in [0.1, 0.15) is 7.14 Å². The van der Waals surface area contributed by atoms with E-state index < -0.39 is 7.14 Å². The summed E-state index contributed by atoms with van der Waals surface area (Å²) >= 11 is 0. The minimum Gasteiger partial charge on any atom is -0.399 e. The van der Waals surface area contributed by atoms with Crippen molar-refractivity contribution in [3.05, 3.63) is 48.5 Å². The van der Waals surface area contributed by atoms with Crippen molar-refractivity contribution in [1.29, 1.82) is 0 Å². The summed E-state index contributed by atoms with van der Waals surface area (Å²) in [6.07, 6.45) is 0. The van der Waals surface area contributed by atoms with E-state index in [0.717, 1.165) is 22.1 Å². The SMILES string of the molecule is CP(C)(=O)c1ccc(-c2cccc(N)c2)cc1. The second-order valence-electron chi connectivity index (χ2n) is 4.52. The molecule has 2 N–H and O–H groups in total. The molecule has 2 rings (SSSR count). The fraction of sp³-hybridized carbons (Fsp3) is 0.143. The molecule has 0 heterocycles. The van der Waals surface area contributed by atoms with Crippen LogP contribution in [0.1, 0.15) is 0 Å². The monoisotopic (exact) mass is 245 g/mol. The standard InChI is InChI=1S/C14H16NOP/c1-17(2,16)14-8-6-11(7-9-14)12-4-3-5-13(15)10-12/h3-10H,15H2,1-2H3. The minimum absolute atomic E-state index is 0.753. The zero-order chi connectivity index (χ0) is 12.5. The predicted molar refractivity (Wildman–Crippen MR) is 75.4 cm³/mol. The molecule has 0 unspecified atom stereocenters. The molecule has 0 saturated carbocycles. The second kappa shape index (κ2) is 4.38. The first-order valence-electron chi connectivity index (χ1n) is 5.48. The fourth-order valence-electron chi connectivity index (χ4n) is 1.73. The van der Waals surface area contributed by atoms with Crippen molar-refractivity contribution in [3.8, 4) is 11.1 Å². The van der Waals surface area contributed by atoms with Crippen LogP contribution in [0.5, 0.6) is 0 Å². The fourth-order valence-corrected chi connectivity index (χ4v) is 2.60. The zero-order valence-corrected chi connectivity index (χ0v) is 10.9. The van der Waals surface area contributed by atoms with Gasteiger partial charge in [0.05, 0.1) is 0 Å². The molecular weight excluding hydrogens is 229 g/mol. The predicted octanol–water partition coefficient (Wildman–Crippen LogP) is 3.18. The van der Waals surface area contributed by atoms with Gasteiger partial charge in [-0.1, -0.05) is 36.4 Å². The van der Waals surface area contributed by atoms with Crippen LogP contribution in [0, 0.1) is 0 Å². The van der Waals surface area contributed by atoms with Gasteiger partial charge in [-0.2, -0.15) is 0 Å². The third-order valence-corrected chi connectivity index (χ3v) is 4.25. The highest BCUT2D eigenvalue weighted by Crippen LogP contribution is 2.35. The third kappa shape index (κ3) is 2.78. The van der Waals surface area contributed by atoms with Crippen LogP contribution in [0.2, 0.25) is 0 Å². The van der Waals surface area contributed by atoms with Gasteiger partial charge >= 0.3 is 0 Å². The maximum Gasteiger partial charge on any atom is 0.109 e. The smallest absolute Gasteiger partial charge is 0.109 e. The molecule has 88 valence electrons. The van der Waals surface area contributed by atoms with Crippen LogP contribution >= 0.6 is 7.14 Å². The number of hydrogen-bond donors (Lipinski definition) is 1. The molecule has 0 saturated heterocycles. The summed E-state index contributed by atoms with van der Waals surface area (Å²) in [5.41, 5.74) is 8.68. The molecule has 0 atom stereocenters. The van der Waals surface area contributed by atoms with E-state index in [1.165, 1.54) is 0 Å². The molecule has 0 fully saturated rings. The first kappa shape index (κ1) is 11.9. The number of nitrogens with two attached hydrogens (primary N) is 1. The molecule has 2 aromatic carbocycles. The Bertz CT molecular complexity index is 569. The maximum atomic E-state index is 11.9. The Balaban J connectivity index is 2.39. The molecule has 0 radical (unpaired) electrons. The molecule has 0 spiro atoms. The van der Waals surface area contributed by atoms with Gasteiger partial charge in [-0.05, 0) is 36.6 Å². The summed E-state index contributed by atoms with van der Waals surface area (Å²) in [7, 11) is -2.16. The lowest BCUT2D eigenvalue weighted by Crippen LogP contribution is -2.01. The summed E-state index contributed by atoms with van der Waals surface area (Å²) in [5.74, 6) is 0. The summed E-state index contributed by atoms with van der Waals surface area (Å²) in [6.45, 7) is 3.56. The van der Waals surface area contributed by atoms with E-state index in [2.05, 4.69) is 0 Å². The van der Waals surface area contributed by atoms with Gasteiger partial charge in [-0.25, -0.2) is 0 Å². The van der Waals surface area contributed by atoms with Crippen LogP contribution in [0.15, 0.2) is 48.5 Å². The van der Waals surface area contributed by atoms with Crippen molar-refractivity contribution in [3.63, 3.8) is 0 Å². The van der Waals surface area contributed by atoms with Crippen molar-refractivity contribution in [1.82, 2.24) is 0 Å². The number of anilines is 1.